The molecule has 0 fully saturated rings. The van der Waals surface area contributed by atoms with Crippen molar-refractivity contribution in [2.75, 3.05) is 0 Å². The van der Waals surface area contributed by atoms with E-state index in [1.165, 1.54) is 0 Å². The molecule has 0 aromatic heterocycles. The van der Waals surface area contributed by atoms with Crippen LogP contribution < -0.4 is 0 Å². The highest BCUT2D eigenvalue weighted by Gasteiger charge is 2.27. The molecular formula is C12H24O. The predicted molar refractivity (Wildman–Crippen MR) is 58.7 cm³/mol. The molecule has 1 N–H and O–H groups in total. The molecule has 0 bridgehead atoms. The van der Waals surface area contributed by atoms with E-state index >= 15 is 0 Å². The van der Waals surface area contributed by atoms with Crippen LogP contribution in [-0.4, -0.2) is 10.7 Å². The molecule has 0 amide bonds. The molecule has 0 aliphatic heterocycles. The number of aliphatic hydroxyl groups is 1. The Kier molecular flexibility index (Phi) is 5.31. The standard InChI is InChI=1S/C12H24O/c1-6-7-12(13,8-10(2)3)9-11(4)5/h6,10-11,13H,1,7-9H2,2-5H3. The fourth-order valence-electron chi connectivity index (χ4n) is 2.04. The van der Waals surface area contributed by atoms with E-state index in [4.69, 9.17) is 0 Å². The third-order valence-corrected chi connectivity index (χ3v) is 2.10. The fraction of sp³-hybridized carbons (Fsp3) is 0.833. The van der Waals surface area contributed by atoms with Gasteiger partial charge in [-0.2, -0.15) is 0 Å². The van der Waals surface area contributed by atoms with Crippen molar-refractivity contribution in [3.8, 4) is 0 Å². The summed E-state index contributed by atoms with van der Waals surface area (Å²) in [6, 6.07) is 0. The molecule has 0 unspecified atom stereocenters. The van der Waals surface area contributed by atoms with Gasteiger partial charge < -0.3 is 5.11 Å². The Labute approximate surface area is 82.9 Å². The van der Waals surface area contributed by atoms with Gasteiger partial charge in [-0.1, -0.05) is 33.8 Å². The summed E-state index contributed by atoms with van der Waals surface area (Å²) in [5.74, 6) is 1.09. The van der Waals surface area contributed by atoms with Gasteiger partial charge in [-0.3, -0.25) is 0 Å². The first-order valence-corrected chi connectivity index (χ1v) is 5.23. The van der Waals surface area contributed by atoms with Crippen molar-refractivity contribution in [3.63, 3.8) is 0 Å². The molecule has 0 aromatic rings. The van der Waals surface area contributed by atoms with Crippen LogP contribution in [0.2, 0.25) is 0 Å². The highest BCUT2D eigenvalue weighted by Crippen LogP contribution is 2.28. The quantitative estimate of drug-likeness (QED) is 0.627. The molecule has 1 nitrogen and oxygen atoms in total. The maximum atomic E-state index is 10.3. The third-order valence-electron chi connectivity index (χ3n) is 2.10. The van der Waals surface area contributed by atoms with Crippen LogP contribution in [-0.2, 0) is 0 Å². The second-order valence-corrected chi connectivity index (χ2v) is 4.91. The van der Waals surface area contributed by atoms with Crippen LogP contribution in [0.15, 0.2) is 12.7 Å². The molecule has 0 aromatic carbocycles. The third kappa shape index (κ3) is 5.87. The molecule has 1 heteroatoms. The zero-order valence-electron chi connectivity index (χ0n) is 9.51. The molecular weight excluding hydrogens is 160 g/mol. The highest BCUT2D eigenvalue weighted by molar-refractivity contribution is 4.88. The van der Waals surface area contributed by atoms with Crippen LogP contribution in [0.5, 0.6) is 0 Å². The Morgan fingerprint density at radius 2 is 1.54 bits per heavy atom. The summed E-state index contributed by atoms with van der Waals surface area (Å²) in [6.45, 7) is 12.3. The summed E-state index contributed by atoms with van der Waals surface area (Å²) in [7, 11) is 0. The van der Waals surface area contributed by atoms with Crippen LogP contribution >= 0.6 is 0 Å². The monoisotopic (exact) mass is 184 g/mol. The zero-order chi connectivity index (χ0) is 10.5. The summed E-state index contributed by atoms with van der Waals surface area (Å²) >= 11 is 0. The van der Waals surface area contributed by atoms with Crippen molar-refractivity contribution in [1.29, 1.82) is 0 Å². The molecule has 0 radical (unpaired) electrons. The van der Waals surface area contributed by atoms with Gasteiger partial charge in [-0.15, -0.1) is 6.58 Å². The Morgan fingerprint density at radius 3 is 1.77 bits per heavy atom. The van der Waals surface area contributed by atoms with Crippen LogP contribution in [0.3, 0.4) is 0 Å². The zero-order valence-corrected chi connectivity index (χ0v) is 9.51. The molecule has 0 rings (SSSR count). The molecule has 0 heterocycles. The number of hydrogen-bond acceptors (Lipinski definition) is 1. The van der Waals surface area contributed by atoms with Gasteiger partial charge in [0.1, 0.15) is 0 Å². The lowest BCUT2D eigenvalue weighted by Gasteiger charge is -2.30. The Bertz CT molecular complexity index is 137. The first-order valence-electron chi connectivity index (χ1n) is 5.23. The largest absolute Gasteiger partial charge is 0.390 e. The van der Waals surface area contributed by atoms with Crippen LogP contribution in [0.25, 0.3) is 0 Å². The SMILES string of the molecule is C=CCC(O)(CC(C)C)CC(C)C. The lowest BCUT2D eigenvalue weighted by atomic mass is 9.83. The average molecular weight is 184 g/mol. The Hall–Kier alpha value is -0.300. The molecule has 0 saturated heterocycles. The van der Waals surface area contributed by atoms with E-state index < -0.39 is 5.60 Å². The van der Waals surface area contributed by atoms with Gasteiger partial charge in [0.2, 0.25) is 0 Å². The molecule has 0 spiro atoms. The maximum absolute atomic E-state index is 10.3. The van der Waals surface area contributed by atoms with Crippen molar-refractivity contribution in [2.45, 2.75) is 52.6 Å². The summed E-state index contributed by atoms with van der Waals surface area (Å²) < 4.78 is 0. The van der Waals surface area contributed by atoms with Gasteiger partial charge in [0.25, 0.3) is 0 Å². The maximum Gasteiger partial charge on any atom is 0.0686 e. The summed E-state index contributed by atoms with van der Waals surface area (Å²) in [5, 5.41) is 10.3. The minimum absolute atomic E-state index is 0.524. The van der Waals surface area contributed by atoms with Crippen molar-refractivity contribution in [1.82, 2.24) is 0 Å². The second-order valence-electron chi connectivity index (χ2n) is 4.91. The predicted octanol–water partition coefficient (Wildman–Crippen LogP) is 3.39. The van der Waals surface area contributed by atoms with E-state index in [9.17, 15) is 5.11 Å². The van der Waals surface area contributed by atoms with Gasteiger partial charge in [0.15, 0.2) is 0 Å². The van der Waals surface area contributed by atoms with E-state index in [1.54, 1.807) is 0 Å². The fourth-order valence-corrected chi connectivity index (χ4v) is 2.04. The topological polar surface area (TPSA) is 20.2 Å². The van der Waals surface area contributed by atoms with Crippen LogP contribution in [0.4, 0.5) is 0 Å². The van der Waals surface area contributed by atoms with E-state index in [0.29, 0.717) is 18.3 Å². The van der Waals surface area contributed by atoms with Gasteiger partial charge in [0, 0.05) is 0 Å². The van der Waals surface area contributed by atoms with Gasteiger partial charge >= 0.3 is 0 Å². The number of rotatable bonds is 6. The average Bonchev–Trinajstić information content (AvgIpc) is 1.81. The Morgan fingerprint density at radius 1 is 1.15 bits per heavy atom. The van der Waals surface area contributed by atoms with Crippen LogP contribution in [0, 0.1) is 11.8 Å². The smallest absolute Gasteiger partial charge is 0.0686 e. The van der Waals surface area contributed by atoms with Crippen molar-refractivity contribution < 1.29 is 5.11 Å². The van der Waals surface area contributed by atoms with Crippen LogP contribution in [0.1, 0.15) is 47.0 Å². The lowest BCUT2D eigenvalue weighted by Crippen LogP contribution is -2.31. The normalized spacial score (nSPS) is 12.5. The molecule has 0 atom stereocenters. The van der Waals surface area contributed by atoms with Gasteiger partial charge in [-0.25, -0.2) is 0 Å². The van der Waals surface area contributed by atoms with Crippen molar-refractivity contribution in [3.05, 3.63) is 12.7 Å². The molecule has 13 heavy (non-hydrogen) atoms. The van der Waals surface area contributed by atoms with E-state index in [0.717, 1.165) is 12.8 Å². The minimum atomic E-state index is -0.524. The Balaban J connectivity index is 4.23. The highest BCUT2D eigenvalue weighted by atomic mass is 16.3. The second kappa shape index (κ2) is 5.43. The molecule has 0 aliphatic carbocycles. The summed E-state index contributed by atoms with van der Waals surface area (Å²) in [5.41, 5.74) is -0.524. The van der Waals surface area contributed by atoms with Crippen molar-refractivity contribution >= 4 is 0 Å². The first-order chi connectivity index (χ1) is 5.89. The van der Waals surface area contributed by atoms with Gasteiger partial charge in [0.05, 0.1) is 5.60 Å². The van der Waals surface area contributed by atoms with E-state index in [-0.39, 0.29) is 0 Å². The van der Waals surface area contributed by atoms with E-state index in [2.05, 4.69) is 34.3 Å². The molecule has 0 aliphatic rings. The first kappa shape index (κ1) is 12.7. The number of hydrogen-bond donors (Lipinski definition) is 1. The van der Waals surface area contributed by atoms with E-state index in [1.807, 2.05) is 6.08 Å². The molecule has 0 saturated carbocycles. The summed E-state index contributed by atoms with van der Waals surface area (Å²) in [6.07, 6.45) is 4.28. The molecule has 78 valence electrons. The lowest BCUT2D eigenvalue weighted by molar-refractivity contribution is 0.00325. The minimum Gasteiger partial charge on any atom is -0.390 e. The van der Waals surface area contributed by atoms with Crippen molar-refractivity contribution in [2.24, 2.45) is 11.8 Å². The summed E-state index contributed by atoms with van der Waals surface area (Å²) in [4.78, 5) is 0. The van der Waals surface area contributed by atoms with Gasteiger partial charge in [-0.05, 0) is 31.1 Å².